The van der Waals surface area contributed by atoms with Crippen LogP contribution >= 0.6 is 0 Å². The van der Waals surface area contributed by atoms with E-state index in [1.165, 1.54) is 12.0 Å². The van der Waals surface area contributed by atoms with Gasteiger partial charge in [0, 0.05) is 30.1 Å². The first-order valence-corrected chi connectivity index (χ1v) is 9.83. The van der Waals surface area contributed by atoms with E-state index in [1.54, 1.807) is 0 Å². The van der Waals surface area contributed by atoms with Crippen LogP contribution in [0.2, 0.25) is 0 Å². The normalized spacial score (nSPS) is 37.7. The maximum atomic E-state index is 11.1. The Morgan fingerprint density at radius 2 is 2.00 bits per heavy atom. The van der Waals surface area contributed by atoms with E-state index < -0.39 is 0 Å². The summed E-state index contributed by atoms with van der Waals surface area (Å²) >= 11 is 0. The summed E-state index contributed by atoms with van der Waals surface area (Å²) in [4.78, 5) is 4.31. The Balaban J connectivity index is 1.46. The van der Waals surface area contributed by atoms with Crippen molar-refractivity contribution in [1.82, 2.24) is 9.55 Å². The minimum atomic E-state index is -0.210. The largest absolute Gasteiger partial charge is 0.392 e. The number of hydrogen-bond acceptors (Lipinski definition) is 3. The van der Waals surface area contributed by atoms with Crippen molar-refractivity contribution in [2.75, 3.05) is 6.61 Å². The van der Waals surface area contributed by atoms with Crippen molar-refractivity contribution in [2.24, 2.45) is 22.7 Å². The lowest BCUT2D eigenvalue weighted by atomic mass is 9.60. The third-order valence-electron chi connectivity index (χ3n) is 7.76. The molecule has 0 radical (unpaired) electrons. The molecule has 0 unspecified atom stereocenters. The molecule has 4 nitrogen and oxygen atoms in total. The molecule has 2 bridgehead atoms. The fourth-order valence-electron chi connectivity index (χ4n) is 6.23. The zero-order valence-electron chi connectivity index (χ0n) is 15.9. The maximum absolute atomic E-state index is 11.1. The number of aromatic nitrogens is 2. The topological polar surface area (TPSA) is 47.3 Å². The Morgan fingerprint density at radius 3 is 2.65 bits per heavy atom. The number of aliphatic hydroxyl groups is 1. The SMILES string of the molecule is Cc1nccn1-c1ccc([C@H]2OCC[C@@]34C[C@@H](C[C@H]23)C(C)(C)[C@H]4O)cc1. The molecule has 1 aromatic carbocycles. The van der Waals surface area contributed by atoms with E-state index in [2.05, 4.69) is 47.7 Å². The summed E-state index contributed by atoms with van der Waals surface area (Å²) in [5.41, 5.74) is 2.47. The predicted molar refractivity (Wildman–Crippen MR) is 100 cm³/mol. The molecule has 3 fully saturated rings. The van der Waals surface area contributed by atoms with Gasteiger partial charge in [0.1, 0.15) is 5.82 Å². The van der Waals surface area contributed by atoms with Crippen molar-refractivity contribution in [1.29, 1.82) is 0 Å². The summed E-state index contributed by atoms with van der Waals surface area (Å²) in [6, 6.07) is 8.70. The fraction of sp³-hybridized carbons (Fsp3) is 0.591. The lowest BCUT2D eigenvalue weighted by molar-refractivity contribution is -0.164. The Morgan fingerprint density at radius 1 is 1.23 bits per heavy atom. The van der Waals surface area contributed by atoms with Crippen LogP contribution in [0.5, 0.6) is 0 Å². The summed E-state index contributed by atoms with van der Waals surface area (Å²) in [6.45, 7) is 7.27. The molecule has 2 heterocycles. The van der Waals surface area contributed by atoms with E-state index in [4.69, 9.17) is 4.74 Å². The molecular formula is C22H28N2O2. The standard InChI is InChI=1S/C22H28N2O2/c1-14-23-9-10-24(14)17-6-4-15(5-7-17)19-18-12-16-13-22(18,8-11-26-19)20(25)21(16,2)3/h4-7,9-10,16,18-20,25H,8,11-13H2,1-3H3/t16-,18-,19-,20-,22-/m1/s1. The molecule has 1 aromatic heterocycles. The van der Waals surface area contributed by atoms with Gasteiger partial charge in [0.2, 0.25) is 0 Å². The van der Waals surface area contributed by atoms with Crippen molar-refractivity contribution >= 4 is 0 Å². The van der Waals surface area contributed by atoms with Gasteiger partial charge in [-0.05, 0) is 61.1 Å². The summed E-state index contributed by atoms with van der Waals surface area (Å²) in [5, 5.41) is 11.1. The van der Waals surface area contributed by atoms with Crippen LogP contribution in [0.25, 0.3) is 5.69 Å². The first-order chi connectivity index (χ1) is 12.4. The van der Waals surface area contributed by atoms with Gasteiger partial charge < -0.3 is 14.4 Å². The molecule has 4 heteroatoms. The molecule has 0 amide bonds. The van der Waals surface area contributed by atoms with Gasteiger partial charge in [-0.1, -0.05) is 26.0 Å². The zero-order valence-corrected chi connectivity index (χ0v) is 15.9. The number of imidazole rings is 1. The average Bonchev–Trinajstić information content (AvgIpc) is 3.29. The van der Waals surface area contributed by atoms with E-state index in [0.717, 1.165) is 31.0 Å². The second-order valence-corrected chi connectivity index (χ2v) is 9.18. The van der Waals surface area contributed by atoms with Gasteiger partial charge in [-0.2, -0.15) is 0 Å². The highest BCUT2D eigenvalue weighted by molar-refractivity contribution is 5.37. The summed E-state index contributed by atoms with van der Waals surface area (Å²) in [6.07, 6.45) is 7.06. The van der Waals surface area contributed by atoms with Gasteiger partial charge in [-0.25, -0.2) is 4.98 Å². The Bertz CT molecular complexity index is 825. The number of nitrogens with zero attached hydrogens (tertiary/aromatic N) is 2. The monoisotopic (exact) mass is 352 g/mol. The van der Waals surface area contributed by atoms with Gasteiger partial charge in [0.15, 0.2) is 0 Å². The molecule has 5 atom stereocenters. The van der Waals surface area contributed by atoms with Crippen molar-refractivity contribution in [3.8, 4) is 5.69 Å². The number of fused-ring (bicyclic) bond motifs is 1. The molecule has 138 valence electrons. The fourth-order valence-corrected chi connectivity index (χ4v) is 6.23. The van der Waals surface area contributed by atoms with Crippen LogP contribution in [-0.4, -0.2) is 27.4 Å². The Labute approximate surface area is 155 Å². The van der Waals surface area contributed by atoms with E-state index in [0.29, 0.717) is 11.8 Å². The minimum absolute atomic E-state index is 0.0429. The summed E-state index contributed by atoms with van der Waals surface area (Å²) < 4.78 is 8.36. The van der Waals surface area contributed by atoms with Crippen LogP contribution in [-0.2, 0) is 4.74 Å². The molecule has 26 heavy (non-hydrogen) atoms. The molecule has 2 aliphatic carbocycles. The van der Waals surface area contributed by atoms with Crippen LogP contribution in [0.15, 0.2) is 36.7 Å². The van der Waals surface area contributed by atoms with Gasteiger partial charge >= 0.3 is 0 Å². The smallest absolute Gasteiger partial charge is 0.110 e. The molecule has 2 saturated carbocycles. The van der Waals surface area contributed by atoms with Crippen molar-refractivity contribution in [3.05, 3.63) is 48.0 Å². The number of aryl methyl sites for hydroxylation is 1. The van der Waals surface area contributed by atoms with E-state index in [1.807, 2.05) is 19.3 Å². The molecule has 2 aromatic rings. The van der Waals surface area contributed by atoms with Crippen LogP contribution in [0, 0.1) is 29.6 Å². The number of ether oxygens (including phenoxy) is 1. The predicted octanol–water partition coefficient (Wildman–Crippen LogP) is 4.06. The summed E-state index contributed by atoms with van der Waals surface area (Å²) in [7, 11) is 0. The molecule has 1 N–H and O–H groups in total. The maximum Gasteiger partial charge on any atom is 0.110 e. The Kier molecular flexibility index (Phi) is 3.45. The highest BCUT2D eigenvalue weighted by Crippen LogP contribution is 2.70. The van der Waals surface area contributed by atoms with Gasteiger partial charge in [-0.3, -0.25) is 0 Å². The molecule has 3 aliphatic rings. The number of rotatable bonds is 2. The van der Waals surface area contributed by atoms with Crippen LogP contribution in [0.3, 0.4) is 0 Å². The van der Waals surface area contributed by atoms with E-state index in [-0.39, 0.29) is 23.0 Å². The third kappa shape index (κ3) is 2.06. The second kappa shape index (κ2) is 5.43. The molecule has 1 saturated heterocycles. The van der Waals surface area contributed by atoms with Crippen LogP contribution in [0.1, 0.15) is 50.6 Å². The second-order valence-electron chi connectivity index (χ2n) is 9.18. The lowest BCUT2D eigenvalue weighted by Gasteiger charge is -2.51. The summed E-state index contributed by atoms with van der Waals surface area (Å²) in [5.74, 6) is 2.04. The highest BCUT2D eigenvalue weighted by Gasteiger charge is 2.67. The van der Waals surface area contributed by atoms with Crippen molar-refractivity contribution < 1.29 is 9.84 Å². The average molecular weight is 352 g/mol. The van der Waals surface area contributed by atoms with Crippen LogP contribution in [0.4, 0.5) is 0 Å². The van der Waals surface area contributed by atoms with E-state index >= 15 is 0 Å². The van der Waals surface area contributed by atoms with Crippen LogP contribution < -0.4 is 0 Å². The minimum Gasteiger partial charge on any atom is -0.392 e. The first-order valence-electron chi connectivity index (χ1n) is 9.83. The van der Waals surface area contributed by atoms with Gasteiger partial charge in [0.05, 0.1) is 12.2 Å². The zero-order chi connectivity index (χ0) is 18.1. The Hall–Kier alpha value is -1.65. The molecule has 1 spiro atoms. The molecule has 1 aliphatic heterocycles. The van der Waals surface area contributed by atoms with Crippen molar-refractivity contribution in [3.63, 3.8) is 0 Å². The first kappa shape index (κ1) is 16.5. The quantitative estimate of drug-likeness (QED) is 0.887. The van der Waals surface area contributed by atoms with Gasteiger partial charge in [0.25, 0.3) is 0 Å². The lowest BCUT2D eigenvalue weighted by Crippen LogP contribution is -2.51. The van der Waals surface area contributed by atoms with E-state index in [9.17, 15) is 5.11 Å². The number of benzene rings is 1. The number of hydrogen-bond donors (Lipinski definition) is 1. The highest BCUT2D eigenvalue weighted by atomic mass is 16.5. The third-order valence-corrected chi connectivity index (χ3v) is 7.76. The molecule has 5 rings (SSSR count). The van der Waals surface area contributed by atoms with Gasteiger partial charge in [-0.15, -0.1) is 0 Å². The number of aliphatic hydroxyl groups excluding tert-OH is 1. The van der Waals surface area contributed by atoms with Crippen molar-refractivity contribution in [2.45, 2.75) is 52.2 Å². The molecular weight excluding hydrogens is 324 g/mol.